The molecule has 1 aliphatic rings. The zero-order valence-electron chi connectivity index (χ0n) is 21.7. The molecule has 1 saturated heterocycles. The van der Waals surface area contributed by atoms with E-state index in [0.717, 1.165) is 28.3 Å². The summed E-state index contributed by atoms with van der Waals surface area (Å²) < 4.78 is 12.9. The van der Waals surface area contributed by atoms with Crippen molar-refractivity contribution in [2.45, 2.75) is 25.9 Å². The van der Waals surface area contributed by atoms with E-state index in [0.29, 0.717) is 27.3 Å². The highest BCUT2D eigenvalue weighted by Crippen LogP contribution is 2.45. The van der Waals surface area contributed by atoms with E-state index in [2.05, 4.69) is 16.4 Å². The van der Waals surface area contributed by atoms with Gasteiger partial charge in [-0.15, -0.1) is 0 Å². The van der Waals surface area contributed by atoms with E-state index in [-0.39, 0.29) is 17.8 Å². The van der Waals surface area contributed by atoms with E-state index < -0.39 is 4.92 Å². The zero-order valence-corrected chi connectivity index (χ0v) is 23.3. The van der Waals surface area contributed by atoms with Gasteiger partial charge in [0.25, 0.3) is 5.69 Å². The van der Waals surface area contributed by atoms with Gasteiger partial charge in [-0.05, 0) is 74.1 Å². The number of methoxy groups -OCH3 is 2. The monoisotopic (exact) mass is 563 g/mol. The van der Waals surface area contributed by atoms with Crippen molar-refractivity contribution in [2.75, 3.05) is 19.1 Å². The summed E-state index contributed by atoms with van der Waals surface area (Å²) in [6, 6.07) is 17.4. The molecule has 5 rings (SSSR count). The highest BCUT2D eigenvalue weighted by atomic mass is 35.5. The Bertz CT molecular complexity index is 1580. The molecule has 9 nitrogen and oxygen atoms in total. The summed E-state index contributed by atoms with van der Waals surface area (Å²) in [4.78, 5) is 17.8. The number of non-ortho nitro benzene ring substituents is 1. The van der Waals surface area contributed by atoms with Gasteiger partial charge in [0.2, 0.25) is 0 Å². The molecule has 11 heteroatoms. The molecule has 39 heavy (non-hydrogen) atoms. The van der Waals surface area contributed by atoms with Gasteiger partial charge in [-0.25, -0.2) is 0 Å². The Labute approximate surface area is 236 Å². The molecule has 2 aromatic carbocycles. The highest BCUT2D eigenvalue weighted by Gasteiger charge is 2.42. The molecule has 4 aromatic rings. The number of nitro benzene ring substituents is 1. The number of ether oxygens (including phenoxy) is 2. The zero-order chi connectivity index (χ0) is 27.8. The number of benzene rings is 2. The third-order valence-corrected chi connectivity index (χ3v) is 7.52. The molecule has 200 valence electrons. The van der Waals surface area contributed by atoms with Crippen LogP contribution in [0.2, 0.25) is 5.02 Å². The SMILES string of the molecule is COc1ccc(N2C(=S)N[C@@H](c3ccccn3)[C@H]2c2cc(C)n(-c3cc([N+](=O)[O-])ccc3OC)c2C)cc1Cl. The summed E-state index contributed by atoms with van der Waals surface area (Å²) in [5, 5.41) is 16.0. The van der Waals surface area contributed by atoms with E-state index in [4.69, 9.17) is 33.3 Å². The Kier molecular flexibility index (Phi) is 7.16. The predicted octanol–water partition coefficient (Wildman–Crippen LogP) is 6.25. The number of nitro groups is 1. The number of pyridine rings is 1. The Morgan fingerprint density at radius 2 is 1.79 bits per heavy atom. The van der Waals surface area contributed by atoms with Gasteiger partial charge in [-0.1, -0.05) is 17.7 Å². The van der Waals surface area contributed by atoms with Crippen LogP contribution in [-0.2, 0) is 0 Å². The van der Waals surface area contributed by atoms with Gasteiger partial charge in [0.15, 0.2) is 5.11 Å². The van der Waals surface area contributed by atoms with E-state index in [1.165, 1.54) is 12.1 Å². The Morgan fingerprint density at radius 3 is 2.44 bits per heavy atom. The molecule has 2 atom stereocenters. The van der Waals surface area contributed by atoms with Crippen LogP contribution in [0.25, 0.3) is 5.69 Å². The number of hydrogen-bond acceptors (Lipinski definition) is 6. The average molecular weight is 564 g/mol. The lowest BCUT2D eigenvalue weighted by Crippen LogP contribution is -2.29. The second kappa shape index (κ2) is 10.5. The summed E-state index contributed by atoms with van der Waals surface area (Å²) >= 11 is 12.4. The Morgan fingerprint density at radius 1 is 1.05 bits per heavy atom. The molecule has 0 aliphatic carbocycles. The normalized spacial score (nSPS) is 16.7. The smallest absolute Gasteiger partial charge is 0.271 e. The maximum Gasteiger partial charge on any atom is 0.271 e. The quantitative estimate of drug-likeness (QED) is 0.160. The number of nitrogens with one attached hydrogen (secondary N) is 1. The lowest BCUT2D eigenvalue weighted by atomic mass is 9.96. The molecule has 0 bridgehead atoms. The van der Waals surface area contributed by atoms with Crippen molar-refractivity contribution in [2.24, 2.45) is 0 Å². The van der Waals surface area contributed by atoms with E-state index in [1.54, 1.807) is 26.5 Å². The van der Waals surface area contributed by atoms with Crippen molar-refractivity contribution in [3.63, 3.8) is 0 Å². The molecule has 2 aromatic heterocycles. The number of aryl methyl sites for hydroxylation is 1. The van der Waals surface area contributed by atoms with Crippen LogP contribution in [0.3, 0.4) is 0 Å². The minimum Gasteiger partial charge on any atom is -0.495 e. The van der Waals surface area contributed by atoms with Gasteiger partial charge in [-0.2, -0.15) is 0 Å². The number of anilines is 1. The third-order valence-electron chi connectivity index (χ3n) is 6.91. The van der Waals surface area contributed by atoms with Crippen molar-refractivity contribution in [3.05, 3.63) is 105 Å². The first-order valence-electron chi connectivity index (χ1n) is 12.1. The molecule has 1 aliphatic heterocycles. The van der Waals surface area contributed by atoms with Gasteiger partial charge in [0.1, 0.15) is 11.5 Å². The first-order valence-corrected chi connectivity index (χ1v) is 12.9. The van der Waals surface area contributed by atoms with Crippen LogP contribution >= 0.6 is 23.8 Å². The average Bonchev–Trinajstić information content (AvgIpc) is 3.43. The molecule has 0 radical (unpaired) electrons. The second-order valence-corrected chi connectivity index (χ2v) is 9.88. The first-order chi connectivity index (χ1) is 18.7. The fraction of sp³-hybridized carbons (Fsp3) is 0.214. The minimum absolute atomic E-state index is 0.0237. The molecule has 0 unspecified atom stereocenters. The molecule has 0 saturated carbocycles. The molecular weight excluding hydrogens is 538 g/mol. The fourth-order valence-corrected chi connectivity index (χ4v) is 5.78. The van der Waals surface area contributed by atoms with Crippen LogP contribution in [0.1, 0.15) is 34.7 Å². The molecule has 1 fully saturated rings. The van der Waals surface area contributed by atoms with Crippen LogP contribution < -0.4 is 19.7 Å². The molecule has 3 heterocycles. The van der Waals surface area contributed by atoms with Gasteiger partial charge >= 0.3 is 0 Å². The largest absolute Gasteiger partial charge is 0.495 e. The maximum atomic E-state index is 11.6. The van der Waals surface area contributed by atoms with Crippen LogP contribution in [0.5, 0.6) is 11.5 Å². The molecule has 1 N–H and O–H groups in total. The van der Waals surface area contributed by atoms with Crippen LogP contribution in [0, 0.1) is 24.0 Å². The number of rotatable bonds is 7. The first kappa shape index (κ1) is 26.5. The third kappa shape index (κ3) is 4.66. The van der Waals surface area contributed by atoms with E-state index in [1.807, 2.05) is 59.7 Å². The standard InChI is InChI=1S/C28H26ClN5O4S/c1-16-13-20(17(2)32(16)23-15-19(34(35)36)9-11-25(23)38-4)27-26(22-7-5-6-12-30-22)31-28(39)33(27)18-8-10-24(37-3)21(29)14-18/h5-15,26-27H,1-4H3,(H,31,39)/t26-,27+/m0/s1. The number of hydrogen-bond donors (Lipinski definition) is 1. The van der Waals surface area contributed by atoms with Crippen molar-refractivity contribution in [1.82, 2.24) is 14.9 Å². The summed E-state index contributed by atoms with van der Waals surface area (Å²) in [5.74, 6) is 1.08. The Hall–Kier alpha value is -4.15. The van der Waals surface area contributed by atoms with Gasteiger partial charge in [-0.3, -0.25) is 15.1 Å². The van der Waals surface area contributed by atoms with Gasteiger partial charge in [0.05, 0.1) is 47.6 Å². The van der Waals surface area contributed by atoms with Crippen LogP contribution in [-0.4, -0.2) is 33.8 Å². The van der Waals surface area contributed by atoms with Crippen molar-refractivity contribution >= 4 is 40.3 Å². The van der Waals surface area contributed by atoms with Crippen molar-refractivity contribution < 1.29 is 14.4 Å². The van der Waals surface area contributed by atoms with Gasteiger partial charge in [0, 0.05) is 35.4 Å². The molecule has 0 amide bonds. The summed E-state index contributed by atoms with van der Waals surface area (Å²) in [7, 11) is 3.12. The lowest BCUT2D eigenvalue weighted by molar-refractivity contribution is -0.384. The summed E-state index contributed by atoms with van der Waals surface area (Å²) in [5.41, 5.74) is 4.90. The summed E-state index contributed by atoms with van der Waals surface area (Å²) in [6.07, 6.45) is 1.75. The van der Waals surface area contributed by atoms with Gasteiger partial charge < -0.3 is 24.3 Å². The van der Waals surface area contributed by atoms with E-state index >= 15 is 0 Å². The number of aromatic nitrogens is 2. The lowest BCUT2D eigenvalue weighted by Gasteiger charge is -2.28. The maximum absolute atomic E-state index is 11.6. The topological polar surface area (TPSA) is 94.7 Å². The summed E-state index contributed by atoms with van der Waals surface area (Å²) in [6.45, 7) is 3.94. The number of nitrogens with zero attached hydrogens (tertiary/aromatic N) is 4. The number of thiocarbonyl (C=S) groups is 1. The van der Waals surface area contributed by atoms with E-state index in [9.17, 15) is 10.1 Å². The Balaban J connectivity index is 1.71. The number of halogens is 1. The molecule has 0 spiro atoms. The van der Waals surface area contributed by atoms with Crippen LogP contribution in [0.15, 0.2) is 66.9 Å². The fourth-order valence-electron chi connectivity index (χ4n) is 5.18. The van der Waals surface area contributed by atoms with Crippen molar-refractivity contribution in [1.29, 1.82) is 0 Å². The minimum atomic E-state index is -0.413. The second-order valence-electron chi connectivity index (χ2n) is 9.09. The predicted molar refractivity (Wildman–Crippen MR) is 154 cm³/mol. The van der Waals surface area contributed by atoms with Crippen LogP contribution in [0.4, 0.5) is 11.4 Å². The molecular formula is C28H26ClN5O4S. The van der Waals surface area contributed by atoms with Crippen molar-refractivity contribution in [3.8, 4) is 17.2 Å². The highest BCUT2D eigenvalue weighted by molar-refractivity contribution is 7.80.